The fraction of sp³-hybridized carbons (Fsp3) is 0.800. The number of fused-ring (bicyclic) bond motifs is 1. The molecule has 0 aromatic carbocycles. The Morgan fingerprint density at radius 2 is 1.91 bits per heavy atom. The van der Waals surface area contributed by atoms with Gasteiger partial charge in [-0.05, 0) is 93.6 Å². The lowest BCUT2D eigenvalue weighted by molar-refractivity contribution is -0.111. The Hall–Kier alpha value is -0.980. The topological polar surface area (TPSA) is 90.2 Å². The summed E-state index contributed by atoms with van der Waals surface area (Å²) >= 11 is 0. The first-order valence-corrected chi connectivity index (χ1v) is 13.8. The van der Waals surface area contributed by atoms with Gasteiger partial charge in [0.05, 0.1) is 24.4 Å². The Morgan fingerprint density at radius 3 is 2.57 bits per heavy atom. The van der Waals surface area contributed by atoms with Gasteiger partial charge in [0.2, 0.25) is 0 Å². The summed E-state index contributed by atoms with van der Waals surface area (Å²) < 4.78 is 5.57. The van der Waals surface area contributed by atoms with Gasteiger partial charge in [-0.3, -0.25) is 0 Å². The first-order valence-electron chi connectivity index (χ1n) is 13.8. The molecule has 0 bridgehead atoms. The van der Waals surface area contributed by atoms with Crippen LogP contribution >= 0.6 is 0 Å². The summed E-state index contributed by atoms with van der Waals surface area (Å²) in [7, 11) is 0. The van der Waals surface area contributed by atoms with Crippen LogP contribution in [0, 0.1) is 23.2 Å². The largest absolute Gasteiger partial charge is 0.391 e. The Kier molecular flexibility index (Phi) is 9.48. The van der Waals surface area contributed by atoms with E-state index in [2.05, 4.69) is 32.6 Å². The molecule has 3 saturated carbocycles. The van der Waals surface area contributed by atoms with E-state index in [1.807, 2.05) is 13.8 Å². The van der Waals surface area contributed by atoms with Crippen molar-refractivity contribution >= 4 is 0 Å². The summed E-state index contributed by atoms with van der Waals surface area (Å²) in [6.45, 7) is 14.5. The van der Waals surface area contributed by atoms with E-state index in [9.17, 15) is 20.4 Å². The van der Waals surface area contributed by atoms with Crippen LogP contribution in [0.5, 0.6) is 0 Å². The first-order chi connectivity index (χ1) is 16.3. The van der Waals surface area contributed by atoms with Gasteiger partial charge in [-0.1, -0.05) is 51.0 Å². The lowest BCUT2D eigenvalue weighted by atomic mass is 9.60. The molecule has 0 saturated heterocycles. The molecular weight excluding hydrogens is 440 g/mol. The van der Waals surface area contributed by atoms with E-state index < -0.39 is 30.0 Å². The van der Waals surface area contributed by atoms with Gasteiger partial charge >= 0.3 is 0 Å². The highest BCUT2D eigenvalue weighted by Gasteiger charge is 2.50. The predicted octanol–water partition coefficient (Wildman–Crippen LogP) is 5.08. The summed E-state index contributed by atoms with van der Waals surface area (Å²) in [5, 5.41) is 40.9. The van der Waals surface area contributed by atoms with Crippen LogP contribution in [0.1, 0.15) is 92.4 Å². The number of aliphatic hydroxyl groups excluding tert-OH is 3. The monoisotopic (exact) mass is 490 g/mol. The minimum absolute atomic E-state index is 0.0762. The van der Waals surface area contributed by atoms with Crippen molar-refractivity contribution in [1.82, 2.24) is 0 Å². The number of aliphatic hydroxyl groups is 4. The van der Waals surface area contributed by atoms with Gasteiger partial charge in [-0.15, -0.1) is 0 Å². The number of rotatable bonds is 9. The van der Waals surface area contributed by atoms with E-state index in [1.165, 1.54) is 37.7 Å². The lowest BCUT2D eigenvalue weighted by Crippen LogP contribution is -2.46. The van der Waals surface area contributed by atoms with Gasteiger partial charge in [0.25, 0.3) is 0 Å². The second-order valence-electron chi connectivity index (χ2n) is 12.6. The standard InChI is InChI=1S/C30H50O5/c1-19(9-7-15-29(4,5)34)24-13-14-25-22(10-8-16-30(24,25)6)11-12-23-17-26(32)28(27(33)21(23)3)35-18-20(2)31/h11-12,19-20,24-28,31-34H,3,7-10,13-18H2,1-2,4-6H3/b22-11+,23-12-/t19-,20?,24-,25+,26-,27-,28+,30-/m1/s1. The maximum Gasteiger partial charge on any atom is 0.114 e. The minimum atomic E-state index is -0.973. The number of hydrogen-bond acceptors (Lipinski definition) is 5. The van der Waals surface area contributed by atoms with Crippen LogP contribution in [0.15, 0.2) is 35.5 Å². The van der Waals surface area contributed by atoms with Gasteiger partial charge in [0.15, 0.2) is 0 Å². The van der Waals surface area contributed by atoms with Gasteiger partial charge < -0.3 is 25.2 Å². The summed E-state index contributed by atoms with van der Waals surface area (Å²) in [4.78, 5) is 0. The van der Waals surface area contributed by atoms with Crippen LogP contribution in [-0.2, 0) is 4.74 Å². The van der Waals surface area contributed by atoms with E-state index >= 15 is 0 Å². The van der Waals surface area contributed by atoms with Gasteiger partial charge in [-0.25, -0.2) is 0 Å². The summed E-state index contributed by atoms with van der Waals surface area (Å²) in [5.74, 6) is 1.96. The Labute approximate surface area is 213 Å². The van der Waals surface area contributed by atoms with Crippen molar-refractivity contribution in [2.24, 2.45) is 23.2 Å². The molecule has 1 unspecified atom stereocenters. The van der Waals surface area contributed by atoms with Crippen LogP contribution in [0.2, 0.25) is 0 Å². The highest BCUT2D eigenvalue weighted by Crippen LogP contribution is 2.60. The van der Waals surface area contributed by atoms with E-state index in [0.29, 0.717) is 35.2 Å². The maximum atomic E-state index is 10.7. The molecule has 0 spiro atoms. The Balaban J connectivity index is 1.68. The smallest absolute Gasteiger partial charge is 0.114 e. The average Bonchev–Trinajstić information content (AvgIpc) is 3.11. The van der Waals surface area contributed by atoms with Crippen molar-refractivity contribution in [1.29, 1.82) is 0 Å². The van der Waals surface area contributed by atoms with Gasteiger partial charge in [0, 0.05) is 6.42 Å². The fourth-order valence-electron chi connectivity index (χ4n) is 7.18. The Bertz CT molecular complexity index is 791. The van der Waals surface area contributed by atoms with E-state index in [-0.39, 0.29) is 6.61 Å². The molecule has 5 heteroatoms. The molecule has 0 aromatic heterocycles. The zero-order chi connectivity index (χ0) is 26.0. The molecule has 0 aromatic rings. The molecule has 0 heterocycles. The number of ether oxygens (including phenoxy) is 1. The van der Waals surface area contributed by atoms with Crippen molar-refractivity contribution in [3.63, 3.8) is 0 Å². The predicted molar refractivity (Wildman–Crippen MR) is 141 cm³/mol. The van der Waals surface area contributed by atoms with E-state index in [0.717, 1.165) is 24.8 Å². The van der Waals surface area contributed by atoms with Crippen molar-refractivity contribution < 1.29 is 25.2 Å². The third-order valence-electron chi connectivity index (χ3n) is 9.09. The number of hydrogen-bond donors (Lipinski definition) is 4. The quantitative estimate of drug-likeness (QED) is 0.362. The van der Waals surface area contributed by atoms with Crippen LogP contribution in [-0.4, -0.2) is 57.0 Å². The molecule has 8 atom stereocenters. The molecule has 3 aliphatic rings. The number of allylic oxidation sites excluding steroid dienone is 3. The average molecular weight is 491 g/mol. The van der Waals surface area contributed by atoms with Crippen LogP contribution in [0.4, 0.5) is 0 Å². The van der Waals surface area contributed by atoms with Crippen molar-refractivity contribution in [3.05, 3.63) is 35.5 Å². The molecule has 3 fully saturated rings. The van der Waals surface area contributed by atoms with E-state index in [1.54, 1.807) is 6.92 Å². The minimum Gasteiger partial charge on any atom is -0.391 e. The molecule has 200 valence electrons. The van der Waals surface area contributed by atoms with Crippen molar-refractivity contribution in [2.75, 3.05) is 6.61 Å². The Morgan fingerprint density at radius 1 is 1.20 bits per heavy atom. The van der Waals surface area contributed by atoms with Crippen LogP contribution in [0.3, 0.4) is 0 Å². The highest BCUT2D eigenvalue weighted by molar-refractivity contribution is 5.40. The molecule has 0 radical (unpaired) electrons. The summed E-state index contributed by atoms with van der Waals surface area (Å²) in [5.41, 5.74) is 2.73. The molecule has 35 heavy (non-hydrogen) atoms. The maximum absolute atomic E-state index is 10.7. The third-order valence-corrected chi connectivity index (χ3v) is 9.09. The molecule has 0 amide bonds. The SMILES string of the molecule is C=C1/C(=C\C=C2/CCC[C@]3(C)[C@@H]([C@H](C)CCCC(C)(C)O)CC[C@@H]23)C[C@@H](O)[C@H](OCC(C)O)[C@@H]1O. The van der Waals surface area contributed by atoms with Crippen LogP contribution in [0.25, 0.3) is 0 Å². The van der Waals surface area contributed by atoms with Crippen molar-refractivity contribution in [3.8, 4) is 0 Å². The lowest BCUT2D eigenvalue weighted by Gasteiger charge is -2.44. The van der Waals surface area contributed by atoms with E-state index in [4.69, 9.17) is 4.74 Å². The second-order valence-corrected chi connectivity index (χ2v) is 12.6. The molecular formula is C30H50O5. The molecule has 0 aliphatic heterocycles. The summed E-state index contributed by atoms with van der Waals surface area (Å²) in [6, 6.07) is 0. The van der Waals surface area contributed by atoms with Gasteiger partial charge in [-0.2, -0.15) is 0 Å². The molecule has 3 aliphatic carbocycles. The van der Waals surface area contributed by atoms with Gasteiger partial charge in [0.1, 0.15) is 12.2 Å². The second kappa shape index (κ2) is 11.6. The summed E-state index contributed by atoms with van der Waals surface area (Å²) in [6.07, 6.45) is 10.7. The van der Waals surface area contributed by atoms with Crippen molar-refractivity contribution in [2.45, 2.75) is 122 Å². The third kappa shape index (κ3) is 6.87. The molecule has 5 nitrogen and oxygen atoms in total. The molecule has 3 rings (SSSR count). The van der Waals surface area contributed by atoms with Crippen LogP contribution < -0.4 is 0 Å². The zero-order valence-corrected chi connectivity index (χ0v) is 22.7. The zero-order valence-electron chi connectivity index (χ0n) is 22.7. The highest BCUT2D eigenvalue weighted by atomic mass is 16.5. The first kappa shape index (κ1) is 28.6. The molecule has 4 N–H and O–H groups in total. The normalized spacial score (nSPS) is 38.1. The fourth-order valence-corrected chi connectivity index (χ4v) is 7.18.